The van der Waals surface area contributed by atoms with Crippen molar-refractivity contribution in [3.05, 3.63) is 58.3 Å². The zero-order valence-corrected chi connectivity index (χ0v) is 12.4. The quantitative estimate of drug-likeness (QED) is 0.795. The SMILES string of the molecule is O=C(O)C(Cc1ccc(Cl)cc1)c1ncnc2sccc12. The number of fused-ring (bicyclic) bond motifs is 1. The van der Waals surface area contributed by atoms with Crippen molar-refractivity contribution >= 4 is 39.1 Å². The van der Waals surface area contributed by atoms with Crippen molar-refractivity contribution in [2.75, 3.05) is 0 Å². The summed E-state index contributed by atoms with van der Waals surface area (Å²) < 4.78 is 0. The number of halogens is 1. The number of rotatable bonds is 4. The number of carboxylic acid groups (broad SMARTS) is 1. The summed E-state index contributed by atoms with van der Waals surface area (Å²) in [7, 11) is 0. The van der Waals surface area contributed by atoms with E-state index in [4.69, 9.17) is 11.6 Å². The van der Waals surface area contributed by atoms with Crippen molar-refractivity contribution in [1.29, 1.82) is 0 Å². The highest BCUT2D eigenvalue weighted by atomic mass is 35.5. The Morgan fingerprint density at radius 3 is 2.71 bits per heavy atom. The molecule has 106 valence electrons. The summed E-state index contributed by atoms with van der Waals surface area (Å²) in [5.41, 5.74) is 1.47. The van der Waals surface area contributed by atoms with Gasteiger partial charge in [-0.3, -0.25) is 4.79 Å². The van der Waals surface area contributed by atoms with Crippen LogP contribution in [0.15, 0.2) is 42.0 Å². The molecule has 2 heterocycles. The molecule has 1 atom stereocenters. The minimum absolute atomic E-state index is 0.370. The van der Waals surface area contributed by atoms with Crippen molar-refractivity contribution in [2.24, 2.45) is 0 Å². The first-order valence-electron chi connectivity index (χ1n) is 6.30. The number of thiophene rings is 1. The maximum absolute atomic E-state index is 11.7. The third-order valence-electron chi connectivity index (χ3n) is 3.27. The van der Waals surface area contributed by atoms with Gasteiger partial charge in [0.1, 0.15) is 17.1 Å². The minimum atomic E-state index is -0.892. The Morgan fingerprint density at radius 2 is 2.00 bits per heavy atom. The van der Waals surface area contributed by atoms with E-state index in [0.717, 1.165) is 15.8 Å². The highest BCUT2D eigenvalue weighted by Crippen LogP contribution is 2.28. The third kappa shape index (κ3) is 2.89. The monoisotopic (exact) mass is 318 g/mol. The predicted molar refractivity (Wildman–Crippen MR) is 82.9 cm³/mol. The van der Waals surface area contributed by atoms with Crippen molar-refractivity contribution < 1.29 is 9.90 Å². The predicted octanol–water partition coefficient (Wildman–Crippen LogP) is 3.76. The molecular weight excluding hydrogens is 308 g/mol. The molecule has 1 unspecified atom stereocenters. The summed E-state index contributed by atoms with van der Waals surface area (Å²) in [5.74, 6) is -1.59. The van der Waals surface area contributed by atoms with Gasteiger partial charge in [-0.2, -0.15) is 0 Å². The molecule has 3 aromatic rings. The van der Waals surface area contributed by atoms with Crippen LogP contribution in [0, 0.1) is 0 Å². The average molecular weight is 319 g/mol. The van der Waals surface area contributed by atoms with E-state index in [0.29, 0.717) is 17.1 Å². The molecule has 0 amide bonds. The molecule has 0 aliphatic carbocycles. The molecule has 0 radical (unpaired) electrons. The first-order chi connectivity index (χ1) is 10.1. The Balaban J connectivity index is 2.00. The van der Waals surface area contributed by atoms with Gasteiger partial charge in [-0.25, -0.2) is 9.97 Å². The van der Waals surface area contributed by atoms with Crippen LogP contribution in [0.2, 0.25) is 5.02 Å². The van der Waals surface area contributed by atoms with Crippen molar-refractivity contribution in [2.45, 2.75) is 12.3 Å². The highest BCUT2D eigenvalue weighted by molar-refractivity contribution is 7.16. The Kier molecular flexibility index (Phi) is 3.86. The van der Waals surface area contributed by atoms with E-state index in [1.54, 1.807) is 12.1 Å². The number of hydrogen-bond acceptors (Lipinski definition) is 4. The van der Waals surface area contributed by atoms with Gasteiger partial charge in [0.05, 0.1) is 5.69 Å². The number of carboxylic acids is 1. The number of hydrogen-bond donors (Lipinski definition) is 1. The smallest absolute Gasteiger partial charge is 0.312 e. The number of carbonyl (C=O) groups is 1. The van der Waals surface area contributed by atoms with E-state index in [-0.39, 0.29) is 0 Å². The van der Waals surface area contributed by atoms with E-state index < -0.39 is 11.9 Å². The first-order valence-corrected chi connectivity index (χ1v) is 7.56. The lowest BCUT2D eigenvalue weighted by Gasteiger charge is -2.12. The molecule has 0 fully saturated rings. The summed E-state index contributed by atoms with van der Waals surface area (Å²) in [6.45, 7) is 0. The fourth-order valence-corrected chi connectivity index (χ4v) is 3.11. The molecule has 3 rings (SSSR count). The molecule has 4 nitrogen and oxygen atoms in total. The lowest BCUT2D eigenvalue weighted by atomic mass is 9.94. The second kappa shape index (κ2) is 5.79. The van der Waals surface area contributed by atoms with Crippen LogP contribution in [0.4, 0.5) is 0 Å². The number of aliphatic carboxylic acids is 1. The Morgan fingerprint density at radius 1 is 1.24 bits per heavy atom. The van der Waals surface area contributed by atoms with Crippen molar-refractivity contribution in [1.82, 2.24) is 9.97 Å². The Hall–Kier alpha value is -1.98. The second-order valence-corrected chi connectivity index (χ2v) is 5.95. The maximum Gasteiger partial charge on any atom is 0.312 e. The fourth-order valence-electron chi connectivity index (χ4n) is 2.24. The zero-order valence-electron chi connectivity index (χ0n) is 10.9. The van der Waals surface area contributed by atoms with Gasteiger partial charge >= 0.3 is 5.97 Å². The molecule has 0 aliphatic heterocycles. The van der Waals surface area contributed by atoms with Crippen LogP contribution in [0.1, 0.15) is 17.2 Å². The molecule has 0 saturated heterocycles. The highest BCUT2D eigenvalue weighted by Gasteiger charge is 2.24. The van der Waals surface area contributed by atoms with Gasteiger partial charge in [0.25, 0.3) is 0 Å². The van der Waals surface area contributed by atoms with E-state index >= 15 is 0 Å². The second-order valence-electron chi connectivity index (χ2n) is 4.62. The fraction of sp³-hybridized carbons (Fsp3) is 0.133. The zero-order chi connectivity index (χ0) is 14.8. The Bertz CT molecular complexity index is 786. The molecular formula is C15H11ClN2O2S. The van der Waals surface area contributed by atoms with Crippen LogP contribution < -0.4 is 0 Å². The molecule has 0 bridgehead atoms. The van der Waals surface area contributed by atoms with Gasteiger partial charge < -0.3 is 5.11 Å². The summed E-state index contributed by atoms with van der Waals surface area (Å²) in [6.07, 6.45) is 1.79. The van der Waals surface area contributed by atoms with Gasteiger partial charge in [0.2, 0.25) is 0 Å². The van der Waals surface area contributed by atoms with Gasteiger partial charge in [0.15, 0.2) is 0 Å². The molecule has 21 heavy (non-hydrogen) atoms. The van der Waals surface area contributed by atoms with Crippen LogP contribution >= 0.6 is 22.9 Å². The maximum atomic E-state index is 11.7. The number of nitrogens with zero attached hydrogens (tertiary/aromatic N) is 2. The molecule has 0 aliphatic rings. The van der Waals surface area contributed by atoms with Crippen LogP contribution in [-0.2, 0) is 11.2 Å². The molecule has 1 aromatic carbocycles. The first kappa shape index (κ1) is 14.0. The van der Waals surface area contributed by atoms with E-state index in [1.807, 2.05) is 23.6 Å². The summed E-state index contributed by atoms with van der Waals surface area (Å²) in [5, 5.41) is 12.9. The van der Waals surface area contributed by atoms with Gasteiger partial charge in [-0.15, -0.1) is 11.3 Å². The van der Waals surface area contributed by atoms with Crippen LogP contribution in [-0.4, -0.2) is 21.0 Å². The summed E-state index contributed by atoms with van der Waals surface area (Å²) in [6, 6.07) is 9.06. The lowest BCUT2D eigenvalue weighted by molar-refractivity contribution is -0.138. The normalized spacial score (nSPS) is 12.4. The third-order valence-corrected chi connectivity index (χ3v) is 4.35. The topological polar surface area (TPSA) is 63.1 Å². The number of aromatic nitrogens is 2. The molecule has 2 aromatic heterocycles. The molecule has 0 saturated carbocycles. The van der Waals surface area contributed by atoms with E-state index in [2.05, 4.69) is 9.97 Å². The lowest BCUT2D eigenvalue weighted by Crippen LogP contribution is -2.16. The van der Waals surface area contributed by atoms with E-state index in [9.17, 15) is 9.90 Å². The van der Waals surface area contributed by atoms with Crippen molar-refractivity contribution in [3.8, 4) is 0 Å². The molecule has 0 spiro atoms. The van der Waals surface area contributed by atoms with Crippen LogP contribution in [0.25, 0.3) is 10.2 Å². The molecule has 6 heteroatoms. The Labute approximate surface area is 130 Å². The van der Waals surface area contributed by atoms with Crippen LogP contribution in [0.3, 0.4) is 0 Å². The average Bonchev–Trinajstić information content (AvgIpc) is 2.95. The van der Waals surface area contributed by atoms with Gasteiger partial charge in [0, 0.05) is 10.4 Å². The van der Waals surface area contributed by atoms with Crippen molar-refractivity contribution in [3.63, 3.8) is 0 Å². The van der Waals surface area contributed by atoms with Crippen LogP contribution in [0.5, 0.6) is 0 Å². The minimum Gasteiger partial charge on any atom is -0.481 e. The summed E-state index contributed by atoms with van der Waals surface area (Å²) in [4.78, 5) is 20.8. The standard InChI is InChI=1S/C15H11ClN2O2S/c16-10-3-1-9(2-4-10)7-12(15(19)20)13-11-5-6-21-14(11)18-8-17-13/h1-6,8,12H,7H2,(H,19,20). The van der Waals surface area contributed by atoms with Gasteiger partial charge in [-0.05, 0) is 35.6 Å². The largest absolute Gasteiger partial charge is 0.481 e. The van der Waals surface area contributed by atoms with E-state index in [1.165, 1.54) is 17.7 Å². The number of benzene rings is 1. The molecule has 1 N–H and O–H groups in total. The van der Waals surface area contributed by atoms with Gasteiger partial charge in [-0.1, -0.05) is 23.7 Å². The summed E-state index contributed by atoms with van der Waals surface area (Å²) >= 11 is 7.33.